The lowest BCUT2D eigenvalue weighted by Crippen LogP contribution is -2.68. The zero-order valence-electron chi connectivity index (χ0n) is 17.2. The molecule has 168 valence electrons. The van der Waals surface area contributed by atoms with Crippen LogP contribution < -0.4 is 11.1 Å². The number of nitrogens with two attached hydrogens (primary N) is 1. The lowest BCUT2D eigenvalue weighted by Gasteiger charge is -2.40. The Labute approximate surface area is 179 Å². The van der Waals surface area contributed by atoms with Crippen LogP contribution >= 0.6 is 0 Å². The van der Waals surface area contributed by atoms with Gasteiger partial charge in [0.25, 0.3) is 0 Å². The van der Waals surface area contributed by atoms with Crippen molar-refractivity contribution in [3.63, 3.8) is 0 Å². The standard InChI is InChI=1S/C21H27N3O7/c1-30-18(27)9-5-8-14-11-24(17-10-15(26)16(12-25)31-17)20(29)23-21(14,22)19(28)13-6-3-2-4-7-13/h2-4,6-7,11,15-17,25-26H,5,8-10,12,22H2,1H3,(H,23,29)/t15-,16+,17+,21?/m0/s1. The monoisotopic (exact) mass is 433 g/mol. The molecule has 2 aliphatic heterocycles. The fraction of sp³-hybridized carbons (Fsp3) is 0.476. The Bertz CT molecular complexity index is 860. The molecule has 5 N–H and O–H groups in total. The normalized spacial score (nSPS) is 28.1. The van der Waals surface area contributed by atoms with E-state index in [1.807, 2.05) is 0 Å². The van der Waals surface area contributed by atoms with E-state index in [4.69, 9.17) is 10.5 Å². The molecule has 10 heteroatoms. The van der Waals surface area contributed by atoms with Crippen molar-refractivity contribution < 1.29 is 34.1 Å². The second-order valence-electron chi connectivity index (χ2n) is 7.54. The van der Waals surface area contributed by atoms with Crippen molar-refractivity contribution in [2.24, 2.45) is 5.73 Å². The number of methoxy groups -OCH3 is 1. The van der Waals surface area contributed by atoms with E-state index in [0.29, 0.717) is 17.6 Å². The van der Waals surface area contributed by atoms with Crippen molar-refractivity contribution in [3.8, 4) is 0 Å². The van der Waals surface area contributed by atoms with E-state index in [1.54, 1.807) is 30.3 Å². The predicted octanol–water partition coefficient (Wildman–Crippen LogP) is 0.245. The Morgan fingerprint density at radius 1 is 1.35 bits per heavy atom. The van der Waals surface area contributed by atoms with E-state index in [-0.39, 0.29) is 19.3 Å². The van der Waals surface area contributed by atoms with Crippen molar-refractivity contribution in [1.82, 2.24) is 10.2 Å². The summed E-state index contributed by atoms with van der Waals surface area (Å²) in [5.74, 6) is -0.895. The maximum Gasteiger partial charge on any atom is 0.325 e. The van der Waals surface area contributed by atoms with Gasteiger partial charge in [0.2, 0.25) is 5.78 Å². The second-order valence-corrected chi connectivity index (χ2v) is 7.54. The molecule has 2 heterocycles. The molecule has 3 rings (SSSR count). The summed E-state index contributed by atoms with van der Waals surface area (Å²) in [6.07, 6.45) is -0.361. The average molecular weight is 433 g/mol. The topological polar surface area (TPSA) is 151 Å². The number of nitrogens with one attached hydrogen (secondary N) is 1. The second kappa shape index (κ2) is 9.56. The Balaban J connectivity index is 1.90. The number of benzene rings is 1. The van der Waals surface area contributed by atoms with E-state index in [1.165, 1.54) is 18.2 Å². The molecule has 0 radical (unpaired) electrons. The molecule has 2 amide bonds. The van der Waals surface area contributed by atoms with Crippen LogP contribution in [0.25, 0.3) is 0 Å². The Kier molecular flexibility index (Phi) is 7.06. The van der Waals surface area contributed by atoms with Crippen LogP contribution in [-0.2, 0) is 14.3 Å². The van der Waals surface area contributed by atoms with Crippen molar-refractivity contribution in [2.45, 2.75) is 49.8 Å². The molecule has 31 heavy (non-hydrogen) atoms. The number of aliphatic hydroxyl groups is 2. The highest BCUT2D eigenvalue weighted by Crippen LogP contribution is 2.31. The van der Waals surface area contributed by atoms with Gasteiger partial charge >= 0.3 is 12.0 Å². The lowest BCUT2D eigenvalue weighted by atomic mass is 9.87. The summed E-state index contributed by atoms with van der Waals surface area (Å²) in [4.78, 5) is 38.8. The molecule has 1 saturated heterocycles. The van der Waals surface area contributed by atoms with Gasteiger partial charge in [0, 0.05) is 24.6 Å². The minimum atomic E-state index is -1.81. The van der Waals surface area contributed by atoms with Crippen molar-refractivity contribution in [3.05, 3.63) is 47.7 Å². The Hall–Kier alpha value is -2.79. The molecule has 0 spiro atoms. The smallest absolute Gasteiger partial charge is 0.325 e. The average Bonchev–Trinajstić information content (AvgIpc) is 3.15. The number of amides is 2. The minimum Gasteiger partial charge on any atom is -0.469 e. The zero-order valence-corrected chi connectivity index (χ0v) is 17.2. The van der Waals surface area contributed by atoms with E-state index in [2.05, 4.69) is 10.1 Å². The highest BCUT2D eigenvalue weighted by Gasteiger charge is 2.47. The molecule has 0 aliphatic carbocycles. The fourth-order valence-electron chi connectivity index (χ4n) is 3.71. The molecular weight excluding hydrogens is 406 g/mol. The number of esters is 1. The van der Waals surface area contributed by atoms with Gasteiger partial charge < -0.3 is 25.0 Å². The van der Waals surface area contributed by atoms with Crippen LogP contribution in [-0.4, -0.2) is 70.7 Å². The molecule has 0 saturated carbocycles. The summed E-state index contributed by atoms with van der Waals surface area (Å²) >= 11 is 0. The molecule has 0 aromatic heterocycles. The third kappa shape index (κ3) is 4.77. The molecule has 0 bridgehead atoms. The highest BCUT2D eigenvalue weighted by atomic mass is 16.5. The molecule has 4 atom stereocenters. The van der Waals surface area contributed by atoms with Gasteiger partial charge in [-0.3, -0.25) is 20.2 Å². The molecule has 1 aromatic carbocycles. The van der Waals surface area contributed by atoms with Crippen LogP contribution in [0, 0.1) is 0 Å². The number of ketones is 1. The van der Waals surface area contributed by atoms with Gasteiger partial charge in [-0.15, -0.1) is 0 Å². The van der Waals surface area contributed by atoms with Crippen LogP contribution in [0.1, 0.15) is 36.0 Å². The van der Waals surface area contributed by atoms with Crippen LogP contribution in [0.4, 0.5) is 4.79 Å². The lowest BCUT2D eigenvalue weighted by molar-refractivity contribution is -0.140. The number of rotatable bonds is 8. The maximum atomic E-state index is 13.2. The summed E-state index contributed by atoms with van der Waals surface area (Å²) < 4.78 is 10.2. The fourth-order valence-corrected chi connectivity index (χ4v) is 3.71. The van der Waals surface area contributed by atoms with Crippen LogP contribution in [0.3, 0.4) is 0 Å². The number of aliphatic hydroxyl groups excluding tert-OH is 2. The summed E-state index contributed by atoms with van der Waals surface area (Å²) in [5.41, 5.74) is 5.34. The third-order valence-electron chi connectivity index (χ3n) is 5.48. The minimum absolute atomic E-state index is 0.0921. The first-order chi connectivity index (χ1) is 14.8. The Morgan fingerprint density at radius 3 is 2.68 bits per heavy atom. The van der Waals surface area contributed by atoms with Gasteiger partial charge in [0.1, 0.15) is 12.3 Å². The van der Waals surface area contributed by atoms with E-state index in [0.717, 1.165) is 0 Å². The van der Waals surface area contributed by atoms with Gasteiger partial charge in [0.05, 0.1) is 19.8 Å². The predicted molar refractivity (Wildman–Crippen MR) is 108 cm³/mol. The number of nitrogens with zero attached hydrogens (tertiary/aromatic N) is 1. The summed E-state index contributed by atoms with van der Waals surface area (Å²) in [5, 5.41) is 21.9. The van der Waals surface area contributed by atoms with Crippen LogP contribution in [0.5, 0.6) is 0 Å². The molecule has 2 aliphatic rings. The van der Waals surface area contributed by atoms with Crippen LogP contribution in [0.2, 0.25) is 0 Å². The number of urea groups is 1. The maximum absolute atomic E-state index is 13.2. The summed E-state index contributed by atoms with van der Waals surface area (Å²) in [7, 11) is 1.29. The number of Topliss-reactive ketones (excluding diaryl/α,β-unsaturated/α-hetero) is 1. The molecule has 10 nitrogen and oxygen atoms in total. The SMILES string of the molecule is COC(=O)CCCC1=CN([C@H]2C[C@H](O)[C@@H](CO)O2)C(=O)NC1(N)C(=O)c1ccccc1. The summed E-state index contributed by atoms with van der Waals surface area (Å²) in [6.45, 7) is -0.393. The molecule has 1 aromatic rings. The van der Waals surface area contributed by atoms with Gasteiger partial charge in [0.15, 0.2) is 5.66 Å². The van der Waals surface area contributed by atoms with E-state index >= 15 is 0 Å². The quantitative estimate of drug-likeness (QED) is 0.336. The summed E-state index contributed by atoms with van der Waals surface area (Å²) in [6, 6.07) is 7.68. The number of ether oxygens (including phenoxy) is 2. The number of carbonyl (C=O) groups is 3. The number of hydrogen-bond donors (Lipinski definition) is 4. The third-order valence-corrected chi connectivity index (χ3v) is 5.48. The first kappa shape index (κ1) is 22.9. The molecule has 1 unspecified atom stereocenters. The van der Waals surface area contributed by atoms with Crippen molar-refractivity contribution in [2.75, 3.05) is 13.7 Å². The van der Waals surface area contributed by atoms with E-state index in [9.17, 15) is 24.6 Å². The largest absolute Gasteiger partial charge is 0.469 e. The van der Waals surface area contributed by atoms with Crippen LogP contribution in [0.15, 0.2) is 42.1 Å². The first-order valence-electron chi connectivity index (χ1n) is 10.0. The van der Waals surface area contributed by atoms with Crippen molar-refractivity contribution in [1.29, 1.82) is 0 Å². The van der Waals surface area contributed by atoms with Gasteiger partial charge in [-0.2, -0.15) is 0 Å². The van der Waals surface area contributed by atoms with Crippen molar-refractivity contribution >= 4 is 17.8 Å². The molecular formula is C21H27N3O7. The van der Waals surface area contributed by atoms with Gasteiger partial charge in [-0.25, -0.2) is 4.79 Å². The van der Waals surface area contributed by atoms with E-state index < -0.39 is 48.5 Å². The number of carbonyl (C=O) groups excluding carboxylic acids is 3. The van der Waals surface area contributed by atoms with Gasteiger partial charge in [-0.05, 0) is 18.4 Å². The highest BCUT2D eigenvalue weighted by molar-refractivity contribution is 6.07. The zero-order chi connectivity index (χ0) is 22.6. The molecule has 1 fully saturated rings. The van der Waals surface area contributed by atoms with Gasteiger partial charge in [-0.1, -0.05) is 30.3 Å². The first-order valence-corrected chi connectivity index (χ1v) is 10.0. The Morgan fingerprint density at radius 2 is 2.06 bits per heavy atom. The number of hydrogen-bond acceptors (Lipinski definition) is 8.